The van der Waals surface area contributed by atoms with Crippen LogP contribution in [0.2, 0.25) is 0 Å². The number of aliphatic hydroxyl groups excluding tert-OH is 1. The number of nitrogens with one attached hydrogen (secondary N) is 1. The molecule has 4 rings (SSSR count). The van der Waals surface area contributed by atoms with Crippen molar-refractivity contribution >= 4 is 28.4 Å². The SMILES string of the molecule is CCCCN1C(=O)C(=O)/C(=C(/O)c2ccc(OC)c(OC)c2)C1c1c(C)[nH]c2ccccc12. The Hall–Kier alpha value is -3.74. The molecule has 1 fully saturated rings. The number of para-hydroxylation sites is 1. The molecular formula is C26H28N2O5. The maximum Gasteiger partial charge on any atom is 0.295 e. The van der Waals surface area contributed by atoms with E-state index < -0.39 is 17.7 Å². The summed E-state index contributed by atoms with van der Waals surface area (Å²) in [6.07, 6.45) is 1.62. The average Bonchev–Trinajstić information content (AvgIpc) is 3.28. The van der Waals surface area contributed by atoms with Gasteiger partial charge in [-0.25, -0.2) is 0 Å². The number of ether oxygens (including phenoxy) is 2. The van der Waals surface area contributed by atoms with Gasteiger partial charge < -0.3 is 24.5 Å². The van der Waals surface area contributed by atoms with Gasteiger partial charge in [0, 0.05) is 34.3 Å². The van der Waals surface area contributed by atoms with E-state index in [9.17, 15) is 14.7 Å². The quantitative estimate of drug-likeness (QED) is 0.310. The Morgan fingerprint density at radius 2 is 1.82 bits per heavy atom. The van der Waals surface area contributed by atoms with Crippen LogP contribution in [0.4, 0.5) is 0 Å². The molecule has 0 bridgehead atoms. The molecule has 33 heavy (non-hydrogen) atoms. The molecule has 1 atom stereocenters. The molecule has 2 aromatic carbocycles. The number of nitrogens with zero attached hydrogens (tertiary/aromatic N) is 1. The van der Waals surface area contributed by atoms with Crippen molar-refractivity contribution in [2.75, 3.05) is 20.8 Å². The van der Waals surface area contributed by atoms with Gasteiger partial charge in [0.15, 0.2) is 11.5 Å². The van der Waals surface area contributed by atoms with E-state index in [1.165, 1.54) is 14.2 Å². The molecular weight excluding hydrogens is 420 g/mol. The summed E-state index contributed by atoms with van der Waals surface area (Å²) in [6, 6.07) is 12.0. The third-order valence-electron chi connectivity index (χ3n) is 6.17. The number of amides is 1. The number of rotatable bonds is 7. The molecule has 0 saturated carbocycles. The number of aliphatic hydroxyl groups is 1. The Balaban J connectivity index is 1.96. The molecule has 2 heterocycles. The van der Waals surface area contributed by atoms with E-state index in [0.29, 0.717) is 23.6 Å². The lowest BCUT2D eigenvalue weighted by atomic mass is 9.93. The van der Waals surface area contributed by atoms with E-state index in [4.69, 9.17) is 9.47 Å². The standard InChI is InChI=1S/C26H28N2O5/c1-5-6-13-28-23(21-15(2)27-18-10-8-7-9-17(18)21)22(25(30)26(28)31)24(29)16-11-12-19(32-3)20(14-16)33-4/h7-12,14,23,27,29H,5-6,13H2,1-4H3/b24-22+. The van der Waals surface area contributed by atoms with Crippen LogP contribution in [0, 0.1) is 6.92 Å². The fourth-order valence-corrected chi connectivity index (χ4v) is 4.53. The van der Waals surface area contributed by atoms with Crippen molar-refractivity contribution in [2.45, 2.75) is 32.7 Å². The number of carbonyl (C=O) groups is 2. The molecule has 1 aliphatic heterocycles. The van der Waals surface area contributed by atoms with Gasteiger partial charge in [-0.05, 0) is 37.6 Å². The first-order chi connectivity index (χ1) is 15.9. The molecule has 1 aliphatic rings. The van der Waals surface area contributed by atoms with Gasteiger partial charge in [-0.2, -0.15) is 0 Å². The molecule has 0 aliphatic carbocycles. The number of aromatic amines is 1. The highest BCUT2D eigenvalue weighted by molar-refractivity contribution is 6.46. The second-order valence-corrected chi connectivity index (χ2v) is 8.13. The summed E-state index contributed by atoms with van der Waals surface area (Å²) in [5.41, 5.74) is 3.04. The van der Waals surface area contributed by atoms with Gasteiger partial charge in [-0.15, -0.1) is 0 Å². The Morgan fingerprint density at radius 1 is 1.09 bits per heavy atom. The zero-order valence-corrected chi connectivity index (χ0v) is 19.3. The predicted molar refractivity (Wildman–Crippen MR) is 126 cm³/mol. The molecule has 172 valence electrons. The van der Waals surface area contributed by atoms with Gasteiger partial charge in [0.1, 0.15) is 5.76 Å². The highest BCUT2D eigenvalue weighted by atomic mass is 16.5. The van der Waals surface area contributed by atoms with Gasteiger partial charge >= 0.3 is 0 Å². The molecule has 0 radical (unpaired) electrons. The van der Waals surface area contributed by atoms with Crippen molar-refractivity contribution in [3.05, 3.63) is 64.9 Å². The normalized spacial score (nSPS) is 17.7. The summed E-state index contributed by atoms with van der Waals surface area (Å²) in [4.78, 5) is 31.3. The summed E-state index contributed by atoms with van der Waals surface area (Å²) >= 11 is 0. The lowest BCUT2D eigenvalue weighted by Crippen LogP contribution is -2.30. The number of hydrogen-bond donors (Lipinski definition) is 2. The number of likely N-dealkylation sites (tertiary alicyclic amines) is 1. The Morgan fingerprint density at radius 3 is 2.52 bits per heavy atom. The van der Waals surface area contributed by atoms with Crippen molar-refractivity contribution in [1.29, 1.82) is 0 Å². The molecule has 1 unspecified atom stereocenters. The van der Waals surface area contributed by atoms with Crippen LogP contribution >= 0.6 is 0 Å². The molecule has 3 aromatic rings. The minimum Gasteiger partial charge on any atom is -0.507 e. The van der Waals surface area contributed by atoms with E-state index in [0.717, 1.165) is 35.0 Å². The monoisotopic (exact) mass is 448 g/mol. The van der Waals surface area contributed by atoms with Crippen LogP contribution in [-0.2, 0) is 9.59 Å². The first kappa shape index (κ1) is 22.5. The van der Waals surface area contributed by atoms with Gasteiger partial charge in [0.25, 0.3) is 11.7 Å². The third-order valence-corrected chi connectivity index (χ3v) is 6.17. The summed E-state index contributed by atoms with van der Waals surface area (Å²) in [6.45, 7) is 4.38. The molecule has 7 nitrogen and oxygen atoms in total. The van der Waals surface area contributed by atoms with E-state index >= 15 is 0 Å². The fourth-order valence-electron chi connectivity index (χ4n) is 4.53. The van der Waals surface area contributed by atoms with Crippen LogP contribution in [0.3, 0.4) is 0 Å². The molecule has 1 amide bonds. The van der Waals surface area contributed by atoms with E-state index in [-0.39, 0.29) is 11.3 Å². The topological polar surface area (TPSA) is 91.9 Å². The number of carbonyl (C=O) groups excluding carboxylic acids is 2. The maximum absolute atomic E-state index is 13.2. The molecule has 0 spiro atoms. The third kappa shape index (κ3) is 3.73. The number of benzene rings is 2. The fraction of sp³-hybridized carbons (Fsp3) is 0.308. The zero-order chi connectivity index (χ0) is 23.7. The van der Waals surface area contributed by atoms with Crippen LogP contribution in [-0.4, -0.2) is 47.4 Å². The summed E-state index contributed by atoms with van der Waals surface area (Å²) in [5, 5.41) is 12.3. The Kier molecular flexibility index (Phi) is 6.14. The molecule has 7 heteroatoms. The van der Waals surface area contributed by atoms with Crippen molar-refractivity contribution in [2.24, 2.45) is 0 Å². The highest BCUT2D eigenvalue weighted by Crippen LogP contribution is 2.44. The first-order valence-electron chi connectivity index (χ1n) is 11.0. The summed E-state index contributed by atoms with van der Waals surface area (Å²) in [5.74, 6) is -0.598. The molecule has 1 saturated heterocycles. The number of fused-ring (bicyclic) bond motifs is 1. The van der Waals surface area contributed by atoms with E-state index in [1.54, 1.807) is 23.1 Å². The van der Waals surface area contributed by atoms with E-state index in [2.05, 4.69) is 4.98 Å². The van der Waals surface area contributed by atoms with Crippen LogP contribution in [0.5, 0.6) is 11.5 Å². The van der Waals surface area contributed by atoms with Crippen molar-refractivity contribution in [3.63, 3.8) is 0 Å². The smallest absolute Gasteiger partial charge is 0.295 e. The van der Waals surface area contributed by atoms with Crippen molar-refractivity contribution in [1.82, 2.24) is 9.88 Å². The van der Waals surface area contributed by atoms with Crippen LogP contribution in [0.25, 0.3) is 16.7 Å². The molecule has 1 aromatic heterocycles. The van der Waals surface area contributed by atoms with Crippen LogP contribution in [0.15, 0.2) is 48.0 Å². The predicted octanol–water partition coefficient (Wildman–Crippen LogP) is 4.72. The summed E-state index contributed by atoms with van der Waals surface area (Å²) in [7, 11) is 3.02. The van der Waals surface area contributed by atoms with Gasteiger partial charge in [-0.1, -0.05) is 31.5 Å². The minimum atomic E-state index is -0.694. The number of hydrogen-bond acceptors (Lipinski definition) is 5. The number of unbranched alkanes of at least 4 members (excludes halogenated alkanes) is 1. The van der Waals surface area contributed by atoms with Crippen LogP contribution in [0.1, 0.15) is 42.6 Å². The number of methoxy groups -OCH3 is 2. The van der Waals surface area contributed by atoms with Gasteiger partial charge in [-0.3, -0.25) is 9.59 Å². The number of Topliss-reactive ketones (excluding diaryl/α,β-unsaturated/α-hetero) is 1. The highest BCUT2D eigenvalue weighted by Gasteiger charge is 2.47. The Labute approximate surface area is 192 Å². The van der Waals surface area contributed by atoms with Crippen LogP contribution < -0.4 is 9.47 Å². The second kappa shape index (κ2) is 9.02. The maximum atomic E-state index is 13.2. The van der Waals surface area contributed by atoms with E-state index in [1.807, 2.05) is 38.1 Å². The lowest BCUT2D eigenvalue weighted by Gasteiger charge is -2.25. The first-order valence-corrected chi connectivity index (χ1v) is 11.0. The number of aromatic nitrogens is 1. The zero-order valence-electron chi connectivity index (χ0n) is 19.3. The Bertz CT molecular complexity index is 1260. The van der Waals surface area contributed by atoms with Gasteiger partial charge in [0.05, 0.1) is 25.8 Å². The largest absolute Gasteiger partial charge is 0.507 e. The number of ketones is 1. The summed E-state index contributed by atoms with van der Waals surface area (Å²) < 4.78 is 10.6. The lowest BCUT2D eigenvalue weighted by molar-refractivity contribution is -0.139. The molecule has 2 N–H and O–H groups in total. The van der Waals surface area contributed by atoms with Crippen molar-refractivity contribution < 1.29 is 24.2 Å². The van der Waals surface area contributed by atoms with Crippen molar-refractivity contribution in [3.8, 4) is 11.5 Å². The second-order valence-electron chi connectivity index (χ2n) is 8.13. The number of aryl methyl sites for hydroxylation is 1. The average molecular weight is 449 g/mol. The number of H-pyrrole nitrogens is 1. The van der Waals surface area contributed by atoms with Gasteiger partial charge in [0.2, 0.25) is 0 Å². The minimum absolute atomic E-state index is 0.0798.